The molecular formula is C10H17N3O4S2. The molecule has 1 aromatic rings. The highest BCUT2D eigenvalue weighted by atomic mass is 32.2. The van der Waals surface area contributed by atoms with Gasteiger partial charge in [-0.2, -0.15) is 0 Å². The largest absolute Gasteiger partial charge is 0.371 e. The second-order valence-electron chi connectivity index (χ2n) is 3.86. The van der Waals surface area contributed by atoms with Crippen molar-refractivity contribution in [1.29, 1.82) is 0 Å². The zero-order valence-corrected chi connectivity index (χ0v) is 12.4. The molecule has 0 aliphatic carbocycles. The Kier molecular flexibility index (Phi) is 5.70. The van der Waals surface area contributed by atoms with Gasteiger partial charge in [0.25, 0.3) is 0 Å². The third-order valence-corrected chi connectivity index (χ3v) is 5.25. The molecule has 0 radical (unpaired) electrons. The van der Waals surface area contributed by atoms with Crippen molar-refractivity contribution < 1.29 is 13.3 Å². The maximum absolute atomic E-state index is 11.9. The molecule has 0 saturated heterocycles. The molecule has 0 aliphatic rings. The molecule has 0 aromatic carbocycles. The van der Waals surface area contributed by atoms with E-state index in [4.69, 9.17) is 0 Å². The van der Waals surface area contributed by atoms with Crippen molar-refractivity contribution in [2.24, 2.45) is 0 Å². The molecule has 2 N–H and O–H groups in total. The molecule has 0 saturated carbocycles. The molecule has 0 amide bonds. The molecule has 0 fully saturated rings. The van der Waals surface area contributed by atoms with E-state index in [9.17, 15) is 18.5 Å². The molecule has 1 aromatic heterocycles. The van der Waals surface area contributed by atoms with E-state index in [1.807, 2.05) is 13.8 Å². The molecule has 0 unspecified atom stereocenters. The van der Waals surface area contributed by atoms with Gasteiger partial charge in [0.15, 0.2) is 5.00 Å². The normalized spacial score (nSPS) is 11.5. The average molecular weight is 307 g/mol. The summed E-state index contributed by atoms with van der Waals surface area (Å²) in [6, 6.07) is 1.10. The number of rotatable bonds is 8. The summed E-state index contributed by atoms with van der Waals surface area (Å²) in [5, 5.41) is 14.1. The summed E-state index contributed by atoms with van der Waals surface area (Å²) in [7, 11) is -3.66. The Morgan fingerprint density at radius 3 is 2.47 bits per heavy atom. The Morgan fingerprint density at radius 2 is 1.95 bits per heavy atom. The van der Waals surface area contributed by atoms with E-state index in [2.05, 4.69) is 10.0 Å². The average Bonchev–Trinajstić information content (AvgIpc) is 2.79. The molecule has 108 valence electrons. The van der Waals surface area contributed by atoms with Gasteiger partial charge in [-0.05, 0) is 12.8 Å². The molecule has 0 aliphatic heterocycles. The lowest BCUT2D eigenvalue weighted by atomic mass is 10.4. The molecule has 0 bridgehead atoms. The van der Waals surface area contributed by atoms with E-state index in [1.165, 1.54) is 0 Å². The molecular weight excluding hydrogens is 290 g/mol. The van der Waals surface area contributed by atoms with Gasteiger partial charge >= 0.3 is 5.69 Å². The minimum absolute atomic E-state index is 0.0359. The van der Waals surface area contributed by atoms with Crippen LogP contribution in [0.2, 0.25) is 0 Å². The van der Waals surface area contributed by atoms with Crippen LogP contribution in [0.5, 0.6) is 0 Å². The van der Waals surface area contributed by atoms with Crippen LogP contribution in [0.3, 0.4) is 0 Å². The highest BCUT2D eigenvalue weighted by Crippen LogP contribution is 2.36. The Labute approximate surface area is 116 Å². The Bertz CT molecular complexity index is 539. The van der Waals surface area contributed by atoms with E-state index in [0.717, 1.165) is 23.8 Å². The second-order valence-corrected chi connectivity index (χ2v) is 6.91. The smallest absolute Gasteiger partial charge is 0.304 e. The third-order valence-electron chi connectivity index (χ3n) is 2.23. The number of hydrogen-bond acceptors (Lipinski definition) is 6. The van der Waals surface area contributed by atoms with Crippen LogP contribution in [-0.4, -0.2) is 26.4 Å². The standard InChI is InChI=1S/C10H17N3O4S2/c1-3-5-11-10-8(13(14)15)7-9(18-10)19(16,17)12-6-4-2/h7,11-12H,3-6H2,1-2H3. The monoisotopic (exact) mass is 307 g/mol. The zero-order valence-electron chi connectivity index (χ0n) is 10.8. The third kappa shape index (κ3) is 4.15. The van der Waals surface area contributed by atoms with E-state index >= 15 is 0 Å². The van der Waals surface area contributed by atoms with Crippen LogP contribution in [0.4, 0.5) is 10.7 Å². The summed E-state index contributed by atoms with van der Waals surface area (Å²) in [6.07, 6.45) is 1.46. The molecule has 9 heteroatoms. The SMILES string of the molecule is CCCNc1sc(S(=O)(=O)NCCC)cc1[N+](=O)[O-]. The first kappa shape index (κ1) is 15.9. The van der Waals surface area contributed by atoms with Gasteiger partial charge in [0.05, 0.1) is 4.92 Å². The maximum Gasteiger partial charge on any atom is 0.304 e. The predicted octanol–water partition coefficient (Wildman–Crippen LogP) is 2.17. The summed E-state index contributed by atoms with van der Waals surface area (Å²) in [5.74, 6) is 0. The fraction of sp³-hybridized carbons (Fsp3) is 0.600. The van der Waals surface area contributed by atoms with Crippen molar-refractivity contribution >= 4 is 32.0 Å². The highest BCUT2D eigenvalue weighted by Gasteiger charge is 2.25. The first-order chi connectivity index (χ1) is 8.92. The van der Waals surface area contributed by atoms with Crippen LogP contribution >= 0.6 is 11.3 Å². The summed E-state index contributed by atoms with van der Waals surface area (Å²) >= 11 is 0.882. The number of thiophene rings is 1. The number of nitro groups is 1. The molecule has 0 atom stereocenters. The summed E-state index contributed by atoms with van der Waals surface area (Å²) in [6.45, 7) is 4.63. The van der Waals surface area contributed by atoms with Gasteiger partial charge in [-0.1, -0.05) is 25.2 Å². The number of anilines is 1. The zero-order chi connectivity index (χ0) is 14.5. The summed E-state index contributed by atoms with van der Waals surface area (Å²) < 4.78 is 26.2. The van der Waals surface area contributed by atoms with Gasteiger partial charge in [0.1, 0.15) is 4.21 Å². The van der Waals surface area contributed by atoms with Crippen LogP contribution < -0.4 is 10.0 Å². The molecule has 0 spiro atoms. The molecule has 7 nitrogen and oxygen atoms in total. The second kappa shape index (κ2) is 6.83. The number of sulfonamides is 1. The van der Waals surface area contributed by atoms with Gasteiger partial charge in [-0.25, -0.2) is 13.1 Å². The van der Waals surface area contributed by atoms with Gasteiger partial charge < -0.3 is 5.32 Å². The summed E-state index contributed by atoms with van der Waals surface area (Å²) in [5.41, 5.74) is -0.199. The quantitative estimate of drug-likeness (QED) is 0.566. The van der Waals surface area contributed by atoms with Crippen LogP contribution in [0.15, 0.2) is 10.3 Å². The Balaban J connectivity index is 3.06. The van der Waals surface area contributed by atoms with Gasteiger partial charge in [-0.3, -0.25) is 10.1 Å². The number of nitrogens with one attached hydrogen (secondary N) is 2. The maximum atomic E-state index is 11.9. The predicted molar refractivity (Wildman–Crippen MR) is 75.2 cm³/mol. The van der Waals surface area contributed by atoms with Crippen molar-refractivity contribution in [1.82, 2.24) is 4.72 Å². The Morgan fingerprint density at radius 1 is 1.32 bits per heavy atom. The number of nitrogens with zero attached hydrogens (tertiary/aromatic N) is 1. The van der Waals surface area contributed by atoms with Crippen molar-refractivity contribution in [3.05, 3.63) is 16.2 Å². The van der Waals surface area contributed by atoms with Crippen LogP contribution in [0.1, 0.15) is 26.7 Å². The topological polar surface area (TPSA) is 101 Å². The fourth-order valence-electron chi connectivity index (χ4n) is 1.30. The lowest BCUT2D eigenvalue weighted by molar-refractivity contribution is -0.383. The van der Waals surface area contributed by atoms with E-state index in [1.54, 1.807) is 0 Å². The van der Waals surface area contributed by atoms with Gasteiger partial charge in [-0.15, -0.1) is 0 Å². The van der Waals surface area contributed by atoms with E-state index in [-0.39, 0.29) is 14.9 Å². The first-order valence-corrected chi connectivity index (χ1v) is 8.24. The molecule has 19 heavy (non-hydrogen) atoms. The lowest BCUT2D eigenvalue weighted by Crippen LogP contribution is -2.23. The first-order valence-electron chi connectivity index (χ1n) is 5.94. The van der Waals surface area contributed by atoms with Crippen molar-refractivity contribution in [3.8, 4) is 0 Å². The molecule has 1 rings (SSSR count). The minimum atomic E-state index is -3.66. The van der Waals surface area contributed by atoms with Crippen LogP contribution in [-0.2, 0) is 10.0 Å². The minimum Gasteiger partial charge on any atom is -0.371 e. The van der Waals surface area contributed by atoms with E-state index in [0.29, 0.717) is 19.5 Å². The van der Waals surface area contributed by atoms with Gasteiger partial charge in [0, 0.05) is 19.2 Å². The number of hydrogen-bond donors (Lipinski definition) is 2. The van der Waals surface area contributed by atoms with Crippen molar-refractivity contribution in [3.63, 3.8) is 0 Å². The fourth-order valence-corrected chi connectivity index (χ4v) is 3.83. The van der Waals surface area contributed by atoms with Crippen LogP contribution in [0, 0.1) is 10.1 Å². The van der Waals surface area contributed by atoms with Crippen molar-refractivity contribution in [2.75, 3.05) is 18.4 Å². The van der Waals surface area contributed by atoms with Crippen molar-refractivity contribution in [2.45, 2.75) is 30.9 Å². The molecule has 1 heterocycles. The lowest BCUT2D eigenvalue weighted by Gasteiger charge is -2.01. The van der Waals surface area contributed by atoms with Gasteiger partial charge in [0.2, 0.25) is 10.0 Å². The summed E-state index contributed by atoms with van der Waals surface area (Å²) in [4.78, 5) is 10.3. The Hall–Kier alpha value is -1.19. The highest BCUT2D eigenvalue weighted by molar-refractivity contribution is 7.91. The van der Waals surface area contributed by atoms with Crippen LogP contribution in [0.25, 0.3) is 0 Å². The van der Waals surface area contributed by atoms with E-state index < -0.39 is 14.9 Å².